The molecule has 3 rings (SSSR count). The van der Waals surface area contributed by atoms with E-state index in [2.05, 4.69) is 26.4 Å². The van der Waals surface area contributed by atoms with Crippen molar-refractivity contribution in [1.82, 2.24) is 5.16 Å². The average Bonchev–Trinajstić information content (AvgIpc) is 2.98. The quantitative estimate of drug-likeness (QED) is 0.637. The number of ether oxygens (including phenoxy) is 1. The average molecular weight is 423 g/mol. The van der Waals surface area contributed by atoms with E-state index in [-0.39, 0.29) is 23.8 Å². The monoisotopic (exact) mass is 422 g/mol. The highest BCUT2D eigenvalue weighted by molar-refractivity contribution is 9.10. The molecule has 2 aromatic carbocycles. The van der Waals surface area contributed by atoms with Crippen LogP contribution in [0.4, 0.5) is 14.5 Å². The van der Waals surface area contributed by atoms with Crippen molar-refractivity contribution in [3.05, 3.63) is 75.6 Å². The highest BCUT2D eigenvalue weighted by Gasteiger charge is 2.21. The first-order valence-corrected chi connectivity index (χ1v) is 8.33. The zero-order chi connectivity index (χ0) is 18.7. The van der Waals surface area contributed by atoms with Crippen molar-refractivity contribution in [2.75, 3.05) is 5.32 Å². The van der Waals surface area contributed by atoms with E-state index in [1.54, 1.807) is 13.0 Å². The third-order valence-electron chi connectivity index (χ3n) is 3.58. The zero-order valence-electron chi connectivity index (χ0n) is 13.6. The van der Waals surface area contributed by atoms with Crippen LogP contribution in [-0.4, -0.2) is 11.1 Å². The molecule has 1 aromatic heterocycles. The maximum Gasteiger partial charge on any atom is 0.278 e. The van der Waals surface area contributed by atoms with Gasteiger partial charge in [0, 0.05) is 4.47 Å². The second-order valence-corrected chi connectivity index (χ2v) is 6.30. The molecule has 0 atom stereocenters. The van der Waals surface area contributed by atoms with Gasteiger partial charge in [0.25, 0.3) is 5.91 Å². The predicted molar refractivity (Wildman–Crippen MR) is 94.0 cm³/mol. The van der Waals surface area contributed by atoms with Crippen LogP contribution in [0.15, 0.2) is 51.5 Å². The number of aryl methyl sites for hydroxylation is 1. The minimum absolute atomic E-state index is 0.00740. The molecule has 1 heterocycles. The first kappa shape index (κ1) is 18.1. The number of hydrogen-bond donors (Lipinski definition) is 1. The summed E-state index contributed by atoms with van der Waals surface area (Å²) in [5.74, 6) is -0.765. The summed E-state index contributed by atoms with van der Waals surface area (Å²) in [6.45, 7) is 1.62. The Kier molecular flexibility index (Phi) is 5.32. The molecule has 134 valence electrons. The lowest BCUT2D eigenvalue weighted by Gasteiger charge is -2.08. The molecule has 0 bridgehead atoms. The fraction of sp³-hybridized carbons (Fsp3) is 0.111. The Morgan fingerprint density at radius 1 is 1.23 bits per heavy atom. The fourth-order valence-corrected chi connectivity index (χ4v) is 2.53. The molecule has 26 heavy (non-hydrogen) atoms. The molecule has 1 amide bonds. The summed E-state index contributed by atoms with van der Waals surface area (Å²) in [7, 11) is 0. The molecule has 0 fully saturated rings. The van der Waals surface area contributed by atoms with E-state index in [9.17, 15) is 13.6 Å². The summed E-state index contributed by atoms with van der Waals surface area (Å²) in [5.41, 5.74) is 0.431. The molecule has 5 nitrogen and oxygen atoms in total. The van der Waals surface area contributed by atoms with Gasteiger partial charge in [-0.15, -0.1) is 0 Å². The minimum atomic E-state index is -0.624. The van der Waals surface area contributed by atoms with Gasteiger partial charge in [-0.1, -0.05) is 21.1 Å². The Hall–Kier alpha value is -2.74. The van der Waals surface area contributed by atoms with Crippen LogP contribution in [-0.2, 0) is 6.61 Å². The van der Waals surface area contributed by atoms with Crippen molar-refractivity contribution < 1.29 is 22.8 Å². The van der Waals surface area contributed by atoms with Crippen LogP contribution in [0.5, 0.6) is 5.75 Å². The summed E-state index contributed by atoms with van der Waals surface area (Å²) < 4.78 is 38.0. The van der Waals surface area contributed by atoms with Gasteiger partial charge in [0.2, 0.25) is 0 Å². The molecule has 1 N–H and O–H groups in total. The van der Waals surface area contributed by atoms with Crippen LogP contribution in [0, 0.1) is 18.6 Å². The van der Waals surface area contributed by atoms with Gasteiger partial charge in [0.05, 0.1) is 11.3 Å². The predicted octanol–water partition coefficient (Wildman–Crippen LogP) is 4.86. The van der Waals surface area contributed by atoms with Crippen molar-refractivity contribution in [2.24, 2.45) is 0 Å². The first-order chi connectivity index (χ1) is 12.4. The summed E-state index contributed by atoms with van der Waals surface area (Å²) >= 11 is 3.15. The Morgan fingerprint density at radius 3 is 2.65 bits per heavy atom. The zero-order valence-corrected chi connectivity index (χ0v) is 15.1. The number of aromatic nitrogens is 1. The van der Waals surface area contributed by atoms with Crippen LogP contribution in [0.25, 0.3) is 0 Å². The molecule has 8 heteroatoms. The third-order valence-corrected chi connectivity index (χ3v) is 4.07. The molecule has 0 aliphatic rings. The summed E-state index contributed by atoms with van der Waals surface area (Å²) in [6.07, 6.45) is 0. The van der Waals surface area contributed by atoms with E-state index in [0.29, 0.717) is 21.5 Å². The molecule has 0 unspecified atom stereocenters. The maximum absolute atomic E-state index is 13.9. The Morgan fingerprint density at radius 2 is 1.96 bits per heavy atom. The van der Waals surface area contributed by atoms with E-state index in [1.807, 2.05) is 0 Å². The highest BCUT2D eigenvalue weighted by Crippen LogP contribution is 2.22. The Balaban J connectivity index is 1.76. The van der Waals surface area contributed by atoms with E-state index in [4.69, 9.17) is 9.26 Å². The molecule has 0 radical (unpaired) electrons. The summed E-state index contributed by atoms with van der Waals surface area (Å²) in [6, 6.07) is 9.73. The van der Waals surface area contributed by atoms with Gasteiger partial charge >= 0.3 is 0 Å². The van der Waals surface area contributed by atoms with Gasteiger partial charge in [-0.3, -0.25) is 4.79 Å². The third kappa shape index (κ3) is 4.08. The minimum Gasteiger partial charge on any atom is -0.489 e. The van der Waals surface area contributed by atoms with Gasteiger partial charge in [0.15, 0.2) is 5.69 Å². The molecular weight excluding hydrogens is 410 g/mol. The lowest BCUT2D eigenvalue weighted by Crippen LogP contribution is -2.16. The molecule has 0 spiro atoms. The number of benzene rings is 2. The molecule has 0 saturated carbocycles. The molecule has 0 aliphatic carbocycles. The number of nitrogens with zero attached hydrogens (tertiary/aromatic N) is 1. The molecule has 0 saturated heterocycles. The molecule has 0 aliphatic heterocycles. The number of halogens is 3. The van der Waals surface area contributed by atoms with Crippen LogP contribution < -0.4 is 10.1 Å². The van der Waals surface area contributed by atoms with E-state index in [1.165, 1.54) is 36.4 Å². The fourth-order valence-electron chi connectivity index (χ4n) is 2.20. The lowest BCUT2D eigenvalue weighted by atomic mass is 10.2. The number of hydrogen-bond acceptors (Lipinski definition) is 4. The first-order valence-electron chi connectivity index (χ1n) is 7.54. The summed E-state index contributed by atoms with van der Waals surface area (Å²) in [4.78, 5) is 12.4. The van der Waals surface area contributed by atoms with Gasteiger partial charge in [-0.2, -0.15) is 0 Å². The highest BCUT2D eigenvalue weighted by atomic mass is 79.9. The van der Waals surface area contributed by atoms with Crippen LogP contribution in [0.2, 0.25) is 0 Å². The maximum atomic E-state index is 13.9. The van der Waals surface area contributed by atoms with E-state index >= 15 is 0 Å². The number of nitrogens with one attached hydrogen (secondary N) is 1. The molecule has 3 aromatic rings. The summed E-state index contributed by atoms with van der Waals surface area (Å²) in [5, 5.41) is 6.18. The number of amides is 1. The SMILES string of the molecule is Cc1onc(C(=O)Nc2ccc(Br)cc2F)c1COc1ccc(F)cc1. The smallest absolute Gasteiger partial charge is 0.278 e. The standard InChI is InChI=1S/C18H13BrF2N2O3/c1-10-14(9-25-13-5-3-12(20)4-6-13)17(23-26-10)18(24)22-16-7-2-11(19)8-15(16)21/h2-8H,9H2,1H3,(H,22,24). The number of carbonyl (C=O) groups is 1. The van der Waals surface area contributed by atoms with Crippen molar-refractivity contribution in [3.8, 4) is 5.75 Å². The van der Waals surface area contributed by atoms with Crippen molar-refractivity contribution in [1.29, 1.82) is 0 Å². The lowest BCUT2D eigenvalue weighted by molar-refractivity contribution is 0.101. The molecular formula is C18H13BrF2N2O3. The van der Waals surface area contributed by atoms with Crippen molar-refractivity contribution >= 4 is 27.5 Å². The van der Waals surface area contributed by atoms with Crippen LogP contribution in [0.3, 0.4) is 0 Å². The van der Waals surface area contributed by atoms with Gasteiger partial charge < -0.3 is 14.6 Å². The van der Waals surface area contributed by atoms with E-state index < -0.39 is 11.7 Å². The number of carbonyl (C=O) groups excluding carboxylic acids is 1. The normalized spacial score (nSPS) is 10.6. The van der Waals surface area contributed by atoms with Crippen molar-refractivity contribution in [3.63, 3.8) is 0 Å². The number of anilines is 1. The van der Waals surface area contributed by atoms with Crippen molar-refractivity contribution in [2.45, 2.75) is 13.5 Å². The van der Waals surface area contributed by atoms with Gasteiger partial charge in [-0.25, -0.2) is 8.78 Å². The largest absolute Gasteiger partial charge is 0.489 e. The Labute approximate surface area is 156 Å². The van der Waals surface area contributed by atoms with Crippen LogP contribution >= 0.6 is 15.9 Å². The van der Waals surface area contributed by atoms with E-state index in [0.717, 1.165) is 0 Å². The van der Waals surface area contributed by atoms with Crippen LogP contribution in [0.1, 0.15) is 21.8 Å². The second kappa shape index (κ2) is 7.65. The van der Waals surface area contributed by atoms with Gasteiger partial charge in [0.1, 0.15) is 29.8 Å². The topological polar surface area (TPSA) is 64.4 Å². The van der Waals surface area contributed by atoms with Gasteiger partial charge in [-0.05, 0) is 49.4 Å². The second-order valence-electron chi connectivity index (χ2n) is 5.39. The Bertz CT molecular complexity index is 942. The number of rotatable bonds is 5.